The van der Waals surface area contributed by atoms with Crippen molar-refractivity contribution in [1.29, 1.82) is 0 Å². The topological polar surface area (TPSA) is 41.6 Å². The number of rotatable bonds is 8. The molecule has 0 radical (unpaired) electrons. The fourth-order valence-corrected chi connectivity index (χ4v) is 3.45. The van der Waals surface area contributed by atoms with Crippen LogP contribution in [-0.4, -0.2) is 49.7 Å². The van der Waals surface area contributed by atoms with E-state index in [1.165, 1.54) is 0 Å². The van der Waals surface area contributed by atoms with Crippen molar-refractivity contribution >= 4 is 5.91 Å². The molecule has 4 heteroatoms. The Morgan fingerprint density at radius 3 is 2.46 bits per heavy atom. The lowest BCUT2D eigenvalue weighted by Crippen LogP contribution is -2.51. The standard InChI is InChI=1S/C20H32N2O2/c1-4-8-18(17-9-6-5-7-10-17)20(23)21-15-19(16(2)3)22-11-13-24-14-12-22/h5-7,9-10,16,18-19H,4,8,11-15H2,1-3H3,(H,21,23). The quantitative estimate of drug-likeness (QED) is 0.795. The zero-order valence-corrected chi connectivity index (χ0v) is 15.3. The van der Waals surface area contributed by atoms with Crippen LogP contribution < -0.4 is 5.32 Å². The summed E-state index contributed by atoms with van der Waals surface area (Å²) in [6.07, 6.45) is 1.89. The first-order chi connectivity index (χ1) is 11.6. The van der Waals surface area contributed by atoms with E-state index >= 15 is 0 Å². The molecular weight excluding hydrogens is 300 g/mol. The van der Waals surface area contributed by atoms with Crippen LogP contribution in [0.4, 0.5) is 0 Å². The van der Waals surface area contributed by atoms with Gasteiger partial charge in [-0.3, -0.25) is 9.69 Å². The molecule has 4 nitrogen and oxygen atoms in total. The molecule has 24 heavy (non-hydrogen) atoms. The lowest BCUT2D eigenvalue weighted by molar-refractivity contribution is -0.123. The third-order valence-electron chi connectivity index (χ3n) is 4.87. The molecule has 0 bridgehead atoms. The van der Waals surface area contributed by atoms with Gasteiger partial charge in [0, 0.05) is 25.7 Å². The van der Waals surface area contributed by atoms with E-state index in [-0.39, 0.29) is 11.8 Å². The van der Waals surface area contributed by atoms with Crippen molar-refractivity contribution in [1.82, 2.24) is 10.2 Å². The van der Waals surface area contributed by atoms with Crippen LogP contribution in [0.25, 0.3) is 0 Å². The number of morpholine rings is 1. The number of nitrogens with one attached hydrogen (secondary N) is 1. The average molecular weight is 332 g/mol. The maximum absolute atomic E-state index is 12.8. The van der Waals surface area contributed by atoms with Gasteiger partial charge in [-0.1, -0.05) is 57.5 Å². The Hall–Kier alpha value is -1.39. The third kappa shape index (κ3) is 5.32. The zero-order chi connectivity index (χ0) is 17.4. The molecule has 1 aromatic carbocycles. The van der Waals surface area contributed by atoms with Crippen molar-refractivity contribution in [3.05, 3.63) is 35.9 Å². The van der Waals surface area contributed by atoms with Crippen LogP contribution in [0.1, 0.15) is 45.1 Å². The Bertz CT molecular complexity index is 484. The monoisotopic (exact) mass is 332 g/mol. The van der Waals surface area contributed by atoms with Crippen LogP contribution in [0.15, 0.2) is 30.3 Å². The molecule has 1 fully saturated rings. The van der Waals surface area contributed by atoms with E-state index in [1.807, 2.05) is 18.2 Å². The molecule has 1 N–H and O–H groups in total. The Morgan fingerprint density at radius 2 is 1.88 bits per heavy atom. The number of carbonyl (C=O) groups excluding carboxylic acids is 1. The lowest BCUT2D eigenvalue weighted by atomic mass is 9.93. The SMILES string of the molecule is CCCC(C(=O)NCC(C(C)C)N1CCOCC1)c1ccccc1. The second kappa shape index (κ2) is 9.80. The number of hydrogen-bond donors (Lipinski definition) is 1. The molecule has 1 amide bonds. The van der Waals surface area contributed by atoms with Crippen LogP contribution in [0, 0.1) is 5.92 Å². The molecule has 1 aliphatic heterocycles. The average Bonchev–Trinajstić information content (AvgIpc) is 2.61. The Labute approximate surface area is 146 Å². The third-order valence-corrected chi connectivity index (χ3v) is 4.87. The maximum Gasteiger partial charge on any atom is 0.227 e. The van der Waals surface area contributed by atoms with Gasteiger partial charge in [0.05, 0.1) is 19.1 Å². The van der Waals surface area contributed by atoms with Gasteiger partial charge < -0.3 is 10.1 Å². The number of amides is 1. The number of benzene rings is 1. The van der Waals surface area contributed by atoms with Crippen LogP contribution in [0.3, 0.4) is 0 Å². The van der Waals surface area contributed by atoms with Gasteiger partial charge in [-0.2, -0.15) is 0 Å². The normalized spacial score (nSPS) is 18.3. The van der Waals surface area contributed by atoms with E-state index in [0.717, 1.165) is 44.7 Å². The number of hydrogen-bond acceptors (Lipinski definition) is 3. The largest absolute Gasteiger partial charge is 0.379 e. The summed E-state index contributed by atoms with van der Waals surface area (Å²) < 4.78 is 5.45. The maximum atomic E-state index is 12.8. The highest BCUT2D eigenvalue weighted by atomic mass is 16.5. The highest BCUT2D eigenvalue weighted by molar-refractivity contribution is 5.83. The van der Waals surface area contributed by atoms with Crippen molar-refractivity contribution in [3.63, 3.8) is 0 Å². The van der Waals surface area contributed by atoms with Crippen molar-refractivity contribution in [2.45, 2.75) is 45.6 Å². The summed E-state index contributed by atoms with van der Waals surface area (Å²) in [7, 11) is 0. The summed E-state index contributed by atoms with van der Waals surface area (Å²) in [4.78, 5) is 15.2. The summed E-state index contributed by atoms with van der Waals surface area (Å²) in [6.45, 7) is 10.8. The van der Waals surface area contributed by atoms with Gasteiger partial charge in [-0.25, -0.2) is 0 Å². The van der Waals surface area contributed by atoms with E-state index < -0.39 is 0 Å². The first-order valence-corrected chi connectivity index (χ1v) is 9.28. The predicted octanol–water partition coefficient (Wildman–Crippen LogP) is 3.04. The van der Waals surface area contributed by atoms with Crippen LogP contribution in [0.2, 0.25) is 0 Å². The Kier molecular flexibility index (Phi) is 7.73. The van der Waals surface area contributed by atoms with Crippen LogP contribution in [-0.2, 0) is 9.53 Å². The molecule has 134 valence electrons. The zero-order valence-electron chi connectivity index (χ0n) is 15.3. The van der Waals surface area contributed by atoms with Crippen LogP contribution >= 0.6 is 0 Å². The van der Waals surface area contributed by atoms with Gasteiger partial charge in [-0.05, 0) is 17.9 Å². The van der Waals surface area contributed by atoms with Crippen molar-refractivity contribution in [2.75, 3.05) is 32.8 Å². The molecule has 0 aromatic heterocycles. The van der Waals surface area contributed by atoms with Gasteiger partial charge in [0.1, 0.15) is 0 Å². The molecule has 0 saturated carbocycles. The molecular formula is C20H32N2O2. The summed E-state index contributed by atoms with van der Waals surface area (Å²) in [5, 5.41) is 3.22. The molecule has 1 saturated heterocycles. The van der Waals surface area contributed by atoms with Crippen molar-refractivity contribution in [3.8, 4) is 0 Å². The smallest absolute Gasteiger partial charge is 0.227 e. The lowest BCUT2D eigenvalue weighted by Gasteiger charge is -2.37. The molecule has 0 aliphatic carbocycles. The fraction of sp³-hybridized carbons (Fsp3) is 0.650. The van der Waals surface area contributed by atoms with Gasteiger partial charge in [0.25, 0.3) is 0 Å². The first-order valence-electron chi connectivity index (χ1n) is 9.28. The van der Waals surface area contributed by atoms with E-state index in [2.05, 4.69) is 43.1 Å². The van der Waals surface area contributed by atoms with E-state index in [4.69, 9.17) is 4.74 Å². The molecule has 0 spiro atoms. The summed E-state index contributed by atoms with van der Waals surface area (Å²) >= 11 is 0. The fourth-order valence-electron chi connectivity index (χ4n) is 3.45. The van der Waals surface area contributed by atoms with E-state index in [1.54, 1.807) is 0 Å². The predicted molar refractivity (Wildman–Crippen MR) is 98.1 cm³/mol. The first kappa shape index (κ1) is 18.9. The minimum absolute atomic E-state index is 0.0475. The van der Waals surface area contributed by atoms with Gasteiger partial charge >= 0.3 is 0 Å². The van der Waals surface area contributed by atoms with Gasteiger partial charge in [-0.15, -0.1) is 0 Å². The summed E-state index contributed by atoms with van der Waals surface area (Å²) in [5.41, 5.74) is 1.12. The van der Waals surface area contributed by atoms with Crippen molar-refractivity contribution < 1.29 is 9.53 Å². The van der Waals surface area contributed by atoms with Gasteiger partial charge in [0.15, 0.2) is 0 Å². The number of carbonyl (C=O) groups is 1. The number of ether oxygens (including phenoxy) is 1. The Balaban J connectivity index is 1.97. The summed E-state index contributed by atoms with van der Waals surface area (Å²) in [5.74, 6) is 0.611. The summed E-state index contributed by atoms with van der Waals surface area (Å²) in [6, 6.07) is 10.5. The molecule has 2 unspecified atom stereocenters. The number of nitrogens with zero attached hydrogens (tertiary/aromatic N) is 1. The second-order valence-corrected chi connectivity index (χ2v) is 6.96. The van der Waals surface area contributed by atoms with E-state index in [9.17, 15) is 4.79 Å². The molecule has 2 rings (SSSR count). The van der Waals surface area contributed by atoms with Gasteiger partial charge in [0.2, 0.25) is 5.91 Å². The molecule has 1 heterocycles. The van der Waals surface area contributed by atoms with Crippen LogP contribution in [0.5, 0.6) is 0 Å². The van der Waals surface area contributed by atoms with Crippen molar-refractivity contribution in [2.24, 2.45) is 5.92 Å². The highest BCUT2D eigenvalue weighted by Crippen LogP contribution is 2.21. The second-order valence-electron chi connectivity index (χ2n) is 6.96. The molecule has 1 aliphatic rings. The minimum Gasteiger partial charge on any atom is -0.379 e. The molecule has 2 atom stereocenters. The molecule has 1 aromatic rings. The highest BCUT2D eigenvalue weighted by Gasteiger charge is 2.26. The minimum atomic E-state index is -0.0475. The Morgan fingerprint density at radius 1 is 1.21 bits per heavy atom. The van der Waals surface area contributed by atoms with E-state index in [0.29, 0.717) is 18.5 Å².